The van der Waals surface area contributed by atoms with Crippen LogP contribution in [0.3, 0.4) is 0 Å². The third kappa shape index (κ3) is 1.68. The molecule has 1 aliphatic rings. The van der Waals surface area contributed by atoms with Crippen LogP contribution in [0.1, 0.15) is 13.2 Å². The Morgan fingerprint density at radius 2 is 2.20 bits per heavy atom. The molecule has 0 radical (unpaired) electrons. The molecule has 1 saturated heterocycles. The average molecular weight is 281 g/mol. The van der Waals surface area contributed by atoms with E-state index in [9.17, 15) is 15.3 Å². The first kappa shape index (κ1) is 13.2. The number of nitrogen functional groups attached to an aromatic ring is 1. The normalized spacial score (nSPS) is 33.9. The molecule has 0 saturated carbocycles. The quantitative estimate of drug-likeness (QED) is 0.516. The Bertz CT molecular complexity index is 643. The van der Waals surface area contributed by atoms with E-state index in [1.165, 1.54) is 24.1 Å². The number of fused-ring (bicyclic) bond motifs is 1. The van der Waals surface area contributed by atoms with Crippen LogP contribution in [0, 0.1) is 0 Å². The van der Waals surface area contributed by atoms with Gasteiger partial charge in [-0.1, -0.05) is 0 Å². The lowest BCUT2D eigenvalue weighted by atomic mass is 9.96. The van der Waals surface area contributed by atoms with E-state index in [4.69, 9.17) is 10.5 Å². The van der Waals surface area contributed by atoms with Gasteiger partial charge < -0.3 is 25.8 Å². The summed E-state index contributed by atoms with van der Waals surface area (Å²) in [5, 5.41) is 29.6. The van der Waals surface area contributed by atoms with Gasteiger partial charge in [0.05, 0.1) is 12.9 Å². The first-order chi connectivity index (χ1) is 9.46. The predicted molar refractivity (Wildman–Crippen MR) is 67.4 cm³/mol. The second-order valence-corrected chi connectivity index (χ2v) is 4.96. The number of nitrogens with zero attached hydrogens (tertiary/aromatic N) is 4. The van der Waals surface area contributed by atoms with E-state index in [1.54, 1.807) is 0 Å². The van der Waals surface area contributed by atoms with Crippen LogP contribution < -0.4 is 5.73 Å². The largest absolute Gasteiger partial charge is 0.394 e. The van der Waals surface area contributed by atoms with Crippen LogP contribution >= 0.6 is 0 Å². The van der Waals surface area contributed by atoms with E-state index in [2.05, 4.69) is 15.0 Å². The minimum Gasteiger partial charge on any atom is -0.394 e. The minimum atomic E-state index is -1.60. The van der Waals surface area contributed by atoms with Gasteiger partial charge in [0.1, 0.15) is 29.7 Å². The second-order valence-electron chi connectivity index (χ2n) is 4.96. The summed E-state index contributed by atoms with van der Waals surface area (Å²) in [6.07, 6.45) is -0.365. The van der Waals surface area contributed by atoms with Crippen LogP contribution in [0.4, 0.5) is 5.82 Å². The summed E-state index contributed by atoms with van der Waals surface area (Å²) in [4.78, 5) is 12.0. The lowest BCUT2D eigenvalue weighted by molar-refractivity contribution is -0.0950. The SMILES string of the molecule is C[C@]1(O)[C@H](O)[C@H](CO)O[C@H]1n1cnc2c(N)ncnc21. The topological polar surface area (TPSA) is 140 Å². The molecule has 5 N–H and O–H groups in total. The highest BCUT2D eigenvalue weighted by Crippen LogP contribution is 2.39. The predicted octanol–water partition coefficient (Wildman–Crippen LogP) is -1.59. The first-order valence-electron chi connectivity index (χ1n) is 6.06. The number of rotatable bonds is 2. The number of aromatic nitrogens is 4. The van der Waals surface area contributed by atoms with Crippen molar-refractivity contribution in [2.75, 3.05) is 12.3 Å². The lowest BCUT2D eigenvalue weighted by Crippen LogP contribution is -2.44. The highest BCUT2D eigenvalue weighted by molar-refractivity contribution is 5.81. The van der Waals surface area contributed by atoms with E-state index in [0.29, 0.717) is 11.2 Å². The summed E-state index contributed by atoms with van der Waals surface area (Å²) in [6, 6.07) is 0. The summed E-state index contributed by atoms with van der Waals surface area (Å²) < 4.78 is 6.97. The molecular weight excluding hydrogens is 266 g/mol. The van der Waals surface area contributed by atoms with Gasteiger partial charge in [-0.05, 0) is 6.92 Å². The molecular formula is C11H15N5O4. The highest BCUT2D eigenvalue weighted by Gasteiger charge is 2.53. The Labute approximate surface area is 113 Å². The zero-order valence-corrected chi connectivity index (χ0v) is 10.7. The van der Waals surface area contributed by atoms with E-state index in [-0.39, 0.29) is 5.82 Å². The average Bonchev–Trinajstić information content (AvgIpc) is 2.92. The standard InChI is InChI=1S/C11H15N5O4/c1-11(19)7(18)5(2-17)20-10(11)16-4-15-6-8(12)13-3-14-9(6)16/h3-5,7,10,17-19H,2H2,1H3,(H2,12,13,14)/t5-,7+,10+,11-/m0/s1. The van der Waals surface area contributed by atoms with Crippen molar-refractivity contribution in [1.29, 1.82) is 0 Å². The van der Waals surface area contributed by atoms with Gasteiger partial charge in [0, 0.05) is 0 Å². The number of anilines is 1. The molecule has 0 unspecified atom stereocenters. The molecule has 4 atom stereocenters. The molecule has 0 bridgehead atoms. The molecule has 0 amide bonds. The van der Waals surface area contributed by atoms with Crippen LogP contribution in [0.25, 0.3) is 11.2 Å². The van der Waals surface area contributed by atoms with E-state index < -0.39 is 30.6 Å². The number of nitrogens with two attached hydrogens (primary N) is 1. The van der Waals surface area contributed by atoms with Gasteiger partial charge in [0.2, 0.25) is 0 Å². The van der Waals surface area contributed by atoms with Crippen molar-refractivity contribution in [3.63, 3.8) is 0 Å². The maximum atomic E-state index is 10.4. The molecule has 9 heteroatoms. The number of aliphatic hydroxyl groups is 3. The van der Waals surface area contributed by atoms with Gasteiger partial charge in [0.25, 0.3) is 0 Å². The van der Waals surface area contributed by atoms with E-state index >= 15 is 0 Å². The van der Waals surface area contributed by atoms with Gasteiger partial charge in [-0.2, -0.15) is 0 Å². The van der Waals surface area contributed by atoms with Crippen LogP contribution in [-0.4, -0.2) is 59.3 Å². The number of hydrogen-bond acceptors (Lipinski definition) is 8. The lowest BCUT2D eigenvalue weighted by Gasteiger charge is -2.27. The monoisotopic (exact) mass is 281 g/mol. The third-order valence-electron chi connectivity index (χ3n) is 3.57. The molecule has 3 heterocycles. The van der Waals surface area contributed by atoms with Gasteiger partial charge in [-0.3, -0.25) is 4.57 Å². The summed E-state index contributed by atoms with van der Waals surface area (Å²) in [5.41, 5.74) is 4.87. The van der Waals surface area contributed by atoms with Crippen LogP contribution in [0.15, 0.2) is 12.7 Å². The minimum absolute atomic E-state index is 0.214. The van der Waals surface area contributed by atoms with Gasteiger partial charge in [0.15, 0.2) is 17.7 Å². The fourth-order valence-electron chi connectivity index (χ4n) is 2.43. The van der Waals surface area contributed by atoms with E-state index in [1.807, 2.05) is 0 Å². The maximum Gasteiger partial charge on any atom is 0.168 e. The van der Waals surface area contributed by atoms with Crippen molar-refractivity contribution in [3.8, 4) is 0 Å². The molecule has 3 rings (SSSR count). The molecule has 0 spiro atoms. The van der Waals surface area contributed by atoms with Crippen molar-refractivity contribution in [2.24, 2.45) is 0 Å². The van der Waals surface area contributed by atoms with Crippen molar-refractivity contribution in [2.45, 2.75) is 31.0 Å². The molecule has 1 fully saturated rings. The number of aliphatic hydroxyl groups excluding tert-OH is 2. The molecule has 9 nitrogen and oxygen atoms in total. The fraction of sp³-hybridized carbons (Fsp3) is 0.545. The van der Waals surface area contributed by atoms with Crippen molar-refractivity contribution < 1.29 is 20.1 Å². The second kappa shape index (κ2) is 4.35. The number of hydrogen-bond donors (Lipinski definition) is 4. The number of imidazole rings is 1. The number of ether oxygens (including phenoxy) is 1. The molecule has 2 aromatic heterocycles. The Hall–Kier alpha value is -1.81. The molecule has 20 heavy (non-hydrogen) atoms. The Kier molecular flexibility index (Phi) is 2.87. The summed E-state index contributed by atoms with van der Waals surface area (Å²) >= 11 is 0. The van der Waals surface area contributed by atoms with Crippen LogP contribution in [-0.2, 0) is 4.74 Å². The summed E-state index contributed by atoms with van der Waals surface area (Å²) in [5.74, 6) is 0.214. The van der Waals surface area contributed by atoms with Crippen molar-refractivity contribution in [1.82, 2.24) is 19.5 Å². The van der Waals surface area contributed by atoms with Crippen LogP contribution in [0.5, 0.6) is 0 Å². The third-order valence-corrected chi connectivity index (χ3v) is 3.57. The summed E-state index contributed by atoms with van der Waals surface area (Å²) in [6.45, 7) is 1.02. The fourth-order valence-corrected chi connectivity index (χ4v) is 2.43. The van der Waals surface area contributed by atoms with Gasteiger partial charge >= 0.3 is 0 Å². The Morgan fingerprint density at radius 1 is 1.45 bits per heavy atom. The Morgan fingerprint density at radius 3 is 2.85 bits per heavy atom. The van der Waals surface area contributed by atoms with Crippen LogP contribution in [0.2, 0.25) is 0 Å². The highest BCUT2D eigenvalue weighted by atomic mass is 16.6. The first-order valence-corrected chi connectivity index (χ1v) is 6.06. The van der Waals surface area contributed by atoms with Crippen molar-refractivity contribution >= 4 is 17.0 Å². The smallest absolute Gasteiger partial charge is 0.168 e. The zero-order valence-electron chi connectivity index (χ0n) is 10.7. The van der Waals surface area contributed by atoms with E-state index in [0.717, 1.165) is 0 Å². The maximum absolute atomic E-state index is 10.4. The zero-order chi connectivity index (χ0) is 14.5. The van der Waals surface area contributed by atoms with Crippen molar-refractivity contribution in [3.05, 3.63) is 12.7 Å². The molecule has 108 valence electrons. The van der Waals surface area contributed by atoms with Gasteiger partial charge in [-0.15, -0.1) is 0 Å². The molecule has 0 aromatic carbocycles. The molecule has 0 aliphatic carbocycles. The Balaban J connectivity index is 2.10. The molecule has 2 aromatic rings. The summed E-state index contributed by atoms with van der Waals surface area (Å²) in [7, 11) is 0. The van der Waals surface area contributed by atoms with Gasteiger partial charge in [-0.25, -0.2) is 15.0 Å². The molecule has 1 aliphatic heterocycles.